The molecule has 1 aromatic carbocycles. The lowest BCUT2D eigenvalue weighted by Gasteiger charge is -2.19. The van der Waals surface area contributed by atoms with Crippen LogP contribution in [0.15, 0.2) is 18.2 Å². The predicted octanol–water partition coefficient (Wildman–Crippen LogP) is 4.40. The highest BCUT2D eigenvalue weighted by Gasteiger charge is 2.08. The van der Waals surface area contributed by atoms with Crippen LogP contribution in [0.25, 0.3) is 0 Å². The molecule has 0 radical (unpaired) electrons. The molecular weight excluding hydrogens is 250 g/mol. The first-order chi connectivity index (χ1) is 9.67. The van der Waals surface area contributed by atoms with Gasteiger partial charge >= 0.3 is 0 Å². The van der Waals surface area contributed by atoms with Crippen molar-refractivity contribution in [3.8, 4) is 5.75 Å². The van der Waals surface area contributed by atoms with Crippen LogP contribution in [0.3, 0.4) is 0 Å². The number of unbranched alkanes of at least 4 members (excludes halogenated alkanes) is 2. The summed E-state index contributed by atoms with van der Waals surface area (Å²) in [5.74, 6) is 0.921. The Morgan fingerprint density at radius 1 is 1.20 bits per heavy atom. The van der Waals surface area contributed by atoms with Gasteiger partial charge in [0, 0.05) is 13.2 Å². The highest BCUT2D eigenvalue weighted by Crippen LogP contribution is 2.27. The number of nitrogens with one attached hydrogen (secondary N) is 1. The maximum absolute atomic E-state index is 5.80. The smallest absolute Gasteiger partial charge is 0.142 e. The Kier molecular flexibility index (Phi) is 8.12. The molecule has 1 aromatic rings. The fourth-order valence-electron chi connectivity index (χ4n) is 2.14. The molecule has 0 saturated carbocycles. The van der Waals surface area contributed by atoms with Crippen molar-refractivity contribution in [2.45, 2.75) is 52.5 Å². The lowest BCUT2D eigenvalue weighted by Crippen LogP contribution is -2.16. The molecule has 114 valence electrons. The molecule has 1 unspecified atom stereocenters. The van der Waals surface area contributed by atoms with Crippen molar-refractivity contribution >= 4 is 5.69 Å². The third-order valence-corrected chi connectivity index (χ3v) is 3.32. The summed E-state index contributed by atoms with van der Waals surface area (Å²) >= 11 is 0. The lowest BCUT2D eigenvalue weighted by atomic mass is 10.1. The molecular formula is C17H29NO2. The third kappa shape index (κ3) is 6.29. The lowest BCUT2D eigenvalue weighted by molar-refractivity contribution is 0.146. The zero-order valence-electron chi connectivity index (χ0n) is 13.4. The van der Waals surface area contributed by atoms with E-state index in [-0.39, 0.29) is 0 Å². The molecule has 0 fully saturated rings. The Labute approximate surface area is 123 Å². The summed E-state index contributed by atoms with van der Waals surface area (Å²) in [5, 5.41) is 3.56. The average molecular weight is 279 g/mol. The van der Waals surface area contributed by atoms with Crippen molar-refractivity contribution in [3.05, 3.63) is 23.8 Å². The van der Waals surface area contributed by atoms with Crippen molar-refractivity contribution in [3.63, 3.8) is 0 Å². The molecule has 0 bridgehead atoms. The molecule has 0 saturated heterocycles. The van der Waals surface area contributed by atoms with E-state index in [4.69, 9.17) is 9.47 Å². The highest BCUT2D eigenvalue weighted by molar-refractivity contribution is 5.58. The Hall–Kier alpha value is -1.22. The molecule has 1 atom stereocenters. The maximum Gasteiger partial charge on any atom is 0.142 e. The topological polar surface area (TPSA) is 30.5 Å². The monoisotopic (exact) mass is 279 g/mol. The number of ether oxygens (including phenoxy) is 2. The summed E-state index contributed by atoms with van der Waals surface area (Å²) in [6.45, 7) is 7.74. The molecule has 0 amide bonds. The number of hydrogen-bond acceptors (Lipinski definition) is 3. The fraction of sp³-hybridized carbons (Fsp3) is 0.647. The van der Waals surface area contributed by atoms with E-state index in [2.05, 4.69) is 44.3 Å². The molecule has 0 aromatic heterocycles. The van der Waals surface area contributed by atoms with E-state index < -0.39 is 0 Å². The molecule has 0 aliphatic rings. The SMILES string of the molecule is CCCCCC(C)Nc1ccc(C)cc1OCCOC. The number of anilines is 1. The van der Waals surface area contributed by atoms with Crippen LogP contribution in [-0.4, -0.2) is 26.4 Å². The van der Waals surface area contributed by atoms with E-state index in [0.29, 0.717) is 19.3 Å². The number of benzene rings is 1. The summed E-state index contributed by atoms with van der Waals surface area (Å²) in [5.41, 5.74) is 2.29. The normalized spacial score (nSPS) is 12.2. The zero-order chi connectivity index (χ0) is 14.8. The van der Waals surface area contributed by atoms with E-state index in [1.54, 1.807) is 7.11 Å². The number of methoxy groups -OCH3 is 1. The van der Waals surface area contributed by atoms with Gasteiger partial charge in [-0.25, -0.2) is 0 Å². The first-order valence-electron chi connectivity index (χ1n) is 7.66. The molecule has 3 nitrogen and oxygen atoms in total. The van der Waals surface area contributed by atoms with Gasteiger partial charge in [0.15, 0.2) is 0 Å². The summed E-state index contributed by atoms with van der Waals surface area (Å²) in [6.07, 6.45) is 5.04. The van der Waals surface area contributed by atoms with E-state index in [1.807, 2.05) is 0 Å². The summed E-state index contributed by atoms with van der Waals surface area (Å²) in [7, 11) is 1.69. The van der Waals surface area contributed by atoms with Crippen molar-refractivity contribution in [1.82, 2.24) is 0 Å². The van der Waals surface area contributed by atoms with E-state index >= 15 is 0 Å². The minimum atomic E-state index is 0.467. The Morgan fingerprint density at radius 3 is 2.70 bits per heavy atom. The van der Waals surface area contributed by atoms with Crippen molar-refractivity contribution in [2.24, 2.45) is 0 Å². The van der Waals surface area contributed by atoms with Crippen LogP contribution in [0.1, 0.15) is 45.1 Å². The minimum Gasteiger partial charge on any atom is -0.489 e. The van der Waals surface area contributed by atoms with Crippen LogP contribution >= 0.6 is 0 Å². The Balaban J connectivity index is 2.58. The van der Waals surface area contributed by atoms with E-state index in [1.165, 1.54) is 31.2 Å². The van der Waals surface area contributed by atoms with Crippen LogP contribution < -0.4 is 10.1 Å². The molecule has 0 aliphatic heterocycles. The first-order valence-corrected chi connectivity index (χ1v) is 7.66. The predicted molar refractivity (Wildman–Crippen MR) is 85.8 cm³/mol. The van der Waals surface area contributed by atoms with Gasteiger partial charge in [-0.2, -0.15) is 0 Å². The Morgan fingerprint density at radius 2 is 2.00 bits per heavy atom. The van der Waals surface area contributed by atoms with Crippen LogP contribution in [-0.2, 0) is 4.74 Å². The van der Waals surface area contributed by atoms with Crippen molar-refractivity contribution in [1.29, 1.82) is 0 Å². The Bertz CT molecular complexity index is 379. The van der Waals surface area contributed by atoms with Crippen molar-refractivity contribution in [2.75, 3.05) is 25.6 Å². The second-order valence-corrected chi connectivity index (χ2v) is 5.38. The van der Waals surface area contributed by atoms with E-state index in [9.17, 15) is 0 Å². The summed E-state index contributed by atoms with van der Waals surface area (Å²) in [4.78, 5) is 0. The number of aryl methyl sites for hydroxylation is 1. The van der Waals surface area contributed by atoms with Crippen LogP contribution in [0.5, 0.6) is 5.75 Å². The minimum absolute atomic E-state index is 0.467. The van der Waals surface area contributed by atoms with E-state index in [0.717, 1.165) is 11.4 Å². The second kappa shape index (κ2) is 9.65. The van der Waals surface area contributed by atoms with Crippen LogP contribution in [0, 0.1) is 6.92 Å². The van der Waals surface area contributed by atoms with Crippen molar-refractivity contribution < 1.29 is 9.47 Å². The van der Waals surface area contributed by atoms with Gasteiger partial charge in [-0.3, -0.25) is 0 Å². The fourth-order valence-corrected chi connectivity index (χ4v) is 2.14. The van der Waals surface area contributed by atoms with Gasteiger partial charge in [0.05, 0.1) is 12.3 Å². The van der Waals surface area contributed by atoms with Gasteiger partial charge in [-0.1, -0.05) is 32.3 Å². The molecule has 3 heteroatoms. The third-order valence-electron chi connectivity index (χ3n) is 3.32. The molecule has 0 spiro atoms. The zero-order valence-corrected chi connectivity index (χ0v) is 13.4. The molecule has 0 heterocycles. The van der Waals surface area contributed by atoms with Gasteiger partial charge in [-0.15, -0.1) is 0 Å². The number of rotatable bonds is 10. The van der Waals surface area contributed by atoms with Gasteiger partial charge < -0.3 is 14.8 Å². The molecule has 1 N–H and O–H groups in total. The molecule has 1 rings (SSSR count). The second-order valence-electron chi connectivity index (χ2n) is 5.38. The summed E-state index contributed by atoms with van der Waals surface area (Å²) in [6, 6.07) is 6.77. The average Bonchev–Trinajstić information content (AvgIpc) is 2.42. The number of hydrogen-bond donors (Lipinski definition) is 1. The standard InChI is InChI=1S/C17H29NO2/c1-5-6-7-8-15(3)18-16-10-9-14(2)13-17(16)20-12-11-19-4/h9-10,13,15,18H,5-8,11-12H2,1-4H3. The van der Waals surface area contributed by atoms with Crippen LogP contribution in [0.2, 0.25) is 0 Å². The first kappa shape index (κ1) is 16.8. The summed E-state index contributed by atoms with van der Waals surface area (Å²) < 4.78 is 10.8. The van der Waals surface area contributed by atoms with Gasteiger partial charge in [0.1, 0.15) is 12.4 Å². The largest absolute Gasteiger partial charge is 0.489 e. The van der Waals surface area contributed by atoms with Gasteiger partial charge in [0.25, 0.3) is 0 Å². The van der Waals surface area contributed by atoms with Gasteiger partial charge in [0.2, 0.25) is 0 Å². The molecule has 0 aliphatic carbocycles. The maximum atomic E-state index is 5.80. The molecule has 20 heavy (non-hydrogen) atoms. The highest BCUT2D eigenvalue weighted by atomic mass is 16.5. The van der Waals surface area contributed by atoms with Gasteiger partial charge in [-0.05, 0) is 38.0 Å². The quantitative estimate of drug-likeness (QED) is 0.644. The van der Waals surface area contributed by atoms with Crippen LogP contribution in [0.4, 0.5) is 5.69 Å².